The molecule has 2 heterocycles. The molecule has 1 aliphatic rings. The van der Waals surface area contributed by atoms with E-state index in [1.807, 2.05) is 22.4 Å². The smallest absolute Gasteiger partial charge is 0.243 e. The molecule has 8 heteroatoms. The highest BCUT2D eigenvalue weighted by atomic mass is 32.1. The first kappa shape index (κ1) is 19.5. The van der Waals surface area contributed by atoms with Gasteiger partial charge in [-0.15, -0.1) is 11.3 Å². The van der Waals surface area contributed by atoms with E-state index in [0.29, 0.717) is 6.54 Å². The Kier molecular flexibility index (Phi) is 6.54. The van der Waals surface area contributed by atoms with Crippen molar-refractivity contribution in [1.82, 2.24) is 10.2 Å². The van der Waals surface area contributed by atoms with Gasteiger partial charge in [0, 0.05) is 18.0 Å². The number of likely N-dealkylation sites (tertiary alicyclic amines) is 1. The maximum Gasteiger partial charge on any atom is 0.243 e. The normalized spacial score (nSPS) is 18.3. The Morgan fingerprint density at radius 3 is 2.78 bits per heavy atom. The number of thiophene rings is 1. The van der Waals surface area contributed by atoms with Crippen LogP contribution in [0.15, 0.2) is 41.8 Å². The van der Waals surface area contributed by atoms with Crippen molar-refractivity contribution in [3.05, 3.63) is 58.0 Å². The fourth-order valence-corrected chi connectivity index (χ4v) is 3.92. The molecule has 1 saturated heterocycles. The fourth-order valence-electron chi connectivity index (χ4n) is 3.12. The second kappa shape index (κ2) is 9.07. The zero-order valence-electron chi connectivity index (χ0n) is 14.8. The van der Waals surface area contributed by atoms with Crippen LogP contribution in [0, 0.1) is 5.82 Å². The summed E-state index contributed by atoms with van der Waals surface area (Å²) in [7, 11) is 0. The first-order chi connectivity index (χ1) is 13.0. The zero-order chi connectivity index (χ0) is 19.2. The van der Waals surface area contributed by atoms with Crippen LogP contribution in [0.1, 0.15) is 22.9 Å². The number of amides is 2. The predicted molar refractivity (Wildman–Crippen MR) is 101 cm³/mol. The molecule has 0 saturated carbocycles. The summed E-state index contributed by atoms with van der Waals surface area (Å²) in [6, 6.07) is 9.70. The lowest BCUT2D eigenvalue weighted by atomic mass is 10.1. The number of nitrogens with one attached hydrogen (secondary N) is 1. The Hall–Kier alpha value is -2.29. The molecule has 2 aromatic rings. The highest BCUT2D eigenvalue weighted by Crippen LogP contribution is 2.26. The van der Waals surface area contributed by atoms with E-state index in [-0.39, 0.29) is 37.0 Å². The van der Waals surface area contributed by atoms with Crippen LogP contribution in [0.2, 0.25) is 0 Å². The summed E-state index contributed by atoms with van der Waals surface area (Å²) >= 11 is 1.54. The van der Waals surface area contributed by atoms with Crippen LogP contribution in [0.5, 0.6) is 0 Å². The lowest BCUT2D eigenvalue weighted by Gasteiger charge is -2.21. The Bertz CT molecular complexity index is 767. The molecule has 2 atom stereocenters. The van der Waals surface area contributed by atoms with Crippen LogP contribution < -0.4 is 11.1 Å². The molecule has 0 aliphatic carbocycles. The van der Waals surface area contributed by atoms with Gasteiger partial charge in [-0.25, -0.2) is 4.39 Å². The molecule has 1 aromatic carbocycles. The third-order valence-electron chi connectivity index (χ3n) is 4.39. The average Bonchev–Trinajstić information content (AvgIpc) is 3.31. The van der Waals surface area contributed by atoms with E-state index in [1.165, 1.54) is 23.5 Å². The minimum atomic E-state index is -0.496. The Labute approximate surface area is 161 Å². The van der Waals surface area contributed by atoms with Gasteiger partial charge in [0.1, 0.15) is 12.4 Å². The second-order valence-electron chi connectivity index (χ2n) is 6.49. The van der Waals surface area contributed by atoms with Crippen molar-refractivity contribution in [3.63, 3.8) is 0 Å². The molecule has 2 amide bonds. The van der Waals surface area contributed by atoms with Gasteiger partial charge in [0.25, 0.3) is 0 Å². The lowest BCUT2D eigenvalue weighted by molar-refractivity contribution is -0.125. The van der Waals surface area contributed by atoms with Gasteiger partial charge in [-0.1, -0.05) is 18.2 Å². The van der Waals surface area contributed by atoms with E-state index in [0.717, 1.165) is 23.4 Å². The van der Waals surface area contributed by atoms with Crippen LogP contribution in [0.3, 0.4) is 0 Å². The van der Waals surface area contributed by atoms with E-state index in [4.69, 9.17) is 10.5 Å². The van der Waals surface area contributed by atoms with E-state index >= 15 is 0 Å². The van der Waals surface area contributed by atoms with Crippen LogP contribution >= 0.6 is 11.3 Å². The van der Waals surface area contributed by atoms with Gasteiger partial charge in [-0.05, 0) is 35.6 Å². The third-order valence-corrected chi connectivity index (χ3v) is 5.33. The molecular weight excluding hydrogens is 369 g/mol. The van der Waals surface area contributed by atoms with Crippen LogP contribution in [0.4, 0.5) is 4.39 Å². The minimum absolute atomic E-state index is 0.0875. The number of carbonyl (C=O) groups is 2. The lowest BCUT2D eigenvalue weighted by Crippen LogP contribution is -2.38. The summed E-state index contributed by atoms with van der Waals surface area (Å²) in [6.45, 7) is 1.44. The molecule has 0 spiro atoms. The average molecular weight is 391 g/mol. The standard InChI is InChI=1S/C19H22FN3O3S/c20-14-5-3-13(4-6-14)19(16-2-1-9-27-16)22-18(25)11-23-8-7-15(10-23)26-12-17(21)24/h1-6,9,15,19H,7-8,10-12H2,(H2,21,24)(H,22,25)/t15-,19+/m0/s1. The molecule has 27 heavy (non-hydrogen) atoms. The van der Waals surface area contributed by atoms with Gasteiger partial charge in [0.15, 0.2) is 0 Å². The molecule has 3 N–H and O–H groups in total. The van der Waals surface area contributed by atoms with Crippen molar-refractivity contribution in [3.8, 4) is 0 Å². The quantitative estimate of drug-likeness (QED) is 0.717. The zero-order valence-corrected chi connectivity index (χ0v) is 15.6. The molecule has 1 aliphatic heterocycles. The number of carbonyl (C=O) groups excluding carboxylic acids is 2. The second-order valence-corrected chi connectivity index (χ2v) is 7.47. The highest BCUT2D eigenvalue weighted by Gasteiger charge is 2.26. The number of benzene rings is 1. The predicted octanol–water partition coefficient (Wildman–Crippen LogP) is 1.67. The summed E-state index contributed by atoms with van der Waals surface area (Å²) in [4.78, 5) is 26.4. The molecule has 144 valence electrons. The molecule has 0 radical (unpaired) electrons. The highest BCUT2D eigenvalue weighted by molar-refractivity contribution is 7.10. The summed E-state index contributed by atoms with van der Waals surface area (Å²) in [6.07, 6.45) is 0.669. The van der Waals surface area contributed by atoms with Gasteiger partial charge in [-0.2, -0.15) is 0 Å². The maximum atomic E-state index is 13.2. The van der Waals surface area contributed by atoms with E-state index in [2.05, 4.69) is 5.32 Å². The minimum Gasteiger partial charge on any atom is -0.368 e. The summed E-state index contributed by atoms with van der Waals surface area (Å²) in [5.74, 6) is -0.924. The molecular formula is C19H22FN3O3S. The molecule has 0 bridgehead atoms. The summed E-state index contributed by atoms with van der Waals surface area (Å²) in [5, 5.41) is 4.98. The van der Waals surface area contributed by atoms with Crippen LogP contribution in [-0.2, 0) is 14.3 Å². The number of hydrogen-bond acceptors (Lipinski definition) is 5. The fraction of sp³-hybridized carbons (Fsp3) is 0.368. The number of ether oxygens (including phenoxy) is 1. The summed E-state index contributed by atoms with van der Waals surface area (Å²) in [5.41, 5.74) is 5.92. The van der Waals surface area contributed by atoms with Crippen molar-refractivity contribution < 1.29 is 18.7 Å². The van der Waals surface area contributed by atoms with E-state index in [1.54, 1.807) is 12.1 Å². The number of primary amides is 1. The molecule has 3 rings (SSSR count). The van der Waals surface area contributed by atoms with Crippen molar-refractivity contribution in [1.29, 1.82) is 0 Å². The molecule has 1 fully saturated rings. The number of halogens is 1. The summed E-state index contributed by atoms with van der Waals surface area (Å²) < 4.78 is 18.7. The number of nitrogens with zero attached hydrogens (tertiary/aromatic N) is 1. The van der Waals surface area contributed by atoms with Crippen molar-refractivity contribution in [2.45, 2.75) is 18.6 Å². The topological polar surface area (TPSA) is 84.7 Å². The number of hydrogen-bond donors (Lipinski definition) is 2. The Balaban J connectivity index is 1.59. The van der Waals surface area contributed by atoms with Gasteiger partial charge >= 0.3 is 0 Å². The van der Waals surface area contributed by atoms with Gasteiger partial charge in [0.2, 0.25) is 11.8 Å². The first-order valence-corrected chi connectivity index (χ1v) is 9.59. The van der Waals surface area contributed by atoms with Gasteiger partial charge < -0.3 is 15.8 Å². The van der Waals surface area contributed by atoms with Gasteiger partial charge in [0.05, 0.1) is 18.7 Å². The van der Waals surface area contributed by atoms with Crippen LogP contribution in [0.25, 0.3) is 0 Å². The molecule has 1 aromatic heterocycles. The first-order valence-electron chi connectivity index (χ1n) is 8.72. The maximum absolute atomic E-state index is 13.2. The SMILES string of the molecule is NC(=O)CO[C@H]1CCN(CC(=O)N[C@H](c2ccc(F)cc2)c2cccs2)C1. The van der Waals surface area contributed by atoms with Crippen molar-refractivity contribution >= 4 is 23.2 Å². The van der Waals surface area contributed by atoms with Crippen LogP contribution in [-0.4, -0.2) is 49.1 Å². The molecule has 6 nitrogen and oxygen atoms in total. The monoisotopic (exact) mass is 391 g/mol. The third kappa shape index (κ3) is 5.59. The largest absolute Gasteiger partial charge is 0.368 e. The van der Waals surface area contributed by atoms with Crippen molar-refractivity contribution in [2.75, 3.05) is 26.2 Å². The van der Waals surface area contributed by atoms with Crippen molar-refractivity contribution in [2.24, 2.45) is 5.73 Å². The number of rotatable bonds is 8. The number of nitrogens with two attached hydrogens (primary N) is 1. The van der Waals surface area contributed by atoms with Gasteiger partial charge in [-0.3, -0.25) is 14.5 Å². The Morgan fingerprint density at radius 1 is 1.33 bits per heavy atom. The molecule has 0 unspecified atom stereocenters. The van der Waals surface area contributed by atoms with E-state index in [9.17, 15) is 14.0 Å². The van der Waals surface area contributed by atoms with E-state index < -0.39 is 5.91 Å². The Morgan fingerprint density at radius 2 is 2.11 bits per heavy atom.